The molecule has 1 aromatic rings. The van der Waals surface area contributed by atoms with Crippen molar-refractivity contribution in [2.45, 2.75) is 51.6 Å². The largest absolute Gasteiger partial charge is 0.481 e. The second-order valence-corrected chi connectivity index (χ2v) is 6.88. The van der Waals surface area contributed by atoms with Crippen LogP contribution in [0.3, 0.4) is 0 Å². The number of amides is 2. The normalized spacial score (nSPS) is 20.1. The molecule has 2 rings (SSSR count). The molecule has 0 bridgehead atoms. The number of likely N-dealkylation sites (tertiary alicyclic amines) is 1. The fourth-order valence-electron chi connectivity index (χ4n) is 2.71. The van der Waals surface area contributed by atoms with Crippen molar-refractivity contribution in [2.24, 2.45) is 0 Å². The Balaban J connectivity index is 1.98. The minimum Gasteiger partial charge on any atom is -0.481 e. The van der Waals surface area contributed by atoms with Gasteiger partial charge in [-0.1, -0.05) is 0 Å². The number of aryl methyl sites for hydroxylation is 1. The predicted octanol–water partition coefficient (Wildman–Crippen LogP) is 3.16. The number of nitrogens with one attached hydrogen (secondary N) is 1. The number of hydrogen-bond donors (Lipinski definition) is 2. The molecule has 1 aliphatic heterocycles. The van der Waals surface area contributed by atoms with Crippen molar-refractivity contribution in [3.8, 4) is 0 Å². The van der Waals surface area contributed by atoms with E-state index in [2.05, 4.69) is 5.32 Å². The van der Waals surface area contributed by atoms with Gasteiger partial charge in [0, 0.05) is 22.3 Å². The van der Waals surface area contributed by atoms with Crippen LogP contribution >= 0.6 is 11.3 Å². The Labute approximate surface area is 129 Å². The Bertz CT molecular complexity index is 515. The van der Waals surface area contributed by atoms with Crippen LogP contribution < -0.4 is 5.32 Å². The van der Waals surface area contributed by atoms with Crippen LogP contribution in [0.15, 0.2) is 12.1 Å². The van der Waals surface area contributed by atoms with Gasteiger partial charge >= 0.3 is 12.0 Å². The van der Waals surface area contributed by atoms with Crippen molar-refractivity contribution >= 4 is 23.3 Å². The number of hydrogen-bond acceptors (Lipinski definition) is 3. The second kappa shape index (κ2) is 6.93. The Morgan fingerprint density at radius 3 is 2.86 bits per heavy atom. The molecule has 1 fully saturated rings. The van der Waals surface area contributed by atoms with Crippen LogP contribution in [0.5, 0.6) is 0 Å². The Morgan fingerprint density at radius 2 is 2.24 bits per heavy atom. The van der Waals surface area contributed by atoms with E-state index in [0.717, 1.165) is 24.1 Å². The van der Waals surface area contributed by atoms with Crippen LogP contribution in [0.25, 0.3) is 0 Å². The molecule has 0 radical (unpaired) electrons. The highest BCUT2D eigenvalue weighted by atomic mass is 32.1. The molecule has 0 aromatic carbocycles. The molecule has 0 spiro atoms. The second-order valence-electron chi connectivity index (χ2n) is 5.56. The first kappa shape index (κ1) is 15.8. The number of rotatable bonds is 4. The summed E-state index contributed by atoms with van der Waals surface area (Å²) in [6, 6.07) is 3.67. The standard InChI is InChI=1S/C15H22N2O3S/c1-10-6-7-13(21-10)11(2)16-15(20)17-8-4-3-5-12(17)9-14(18)19/h6-7,11-12H,3-5,8-9H2,1-2H3,(H,16,20)(H,18,19). The number of carboxylic acid groups (broad SMARTS) is 1. The Morgan fingerprint density at radius 1 is 1.48 bits per heavy atom. The van der Waals surface area contributed by atoms with E-state index >= 15 is 0 Å². The summed E-state index contributed by atoms with van der Waals surface area (Å²) < 4.78 is 0. The molecule has 2 amide bonds. The molecular weight excluding hydrogens is 288 g/mol. The van der Waals surface area contributed by atoms with Gasteiger partial charge in [0.2, 0.25) is 0 Å². The zero-order valence-electron chi connectivity index (χ0n) is 12.5. The fraction of sp³-hybridized carbons (Fsp3) is 0.600. The van der Waals surface area contributed by atoms with Gasteiger partial charge in [0.25, 0.3) is 0 Å². The summed E-state index contributed by atoms with van der Waals surface area (Å²) in [7, 11) is 0. The molecule has 2 atom stereocenters. The summed E-state index contributed by atoms with van der Waals surface area (Å²) in [5.74, 6) is -0.846. The van der Waals surface area contributed by atoms with Crippen molar-refractivity contribution in [2.75, 3.05) is 6.54 Å². The lowest BCUT2D eigenvalue weighted by molar-refractivity contribution is -0.138. The van der Waals surface area contributed by atoms with E-state index in [1.807, 2.05) is 26.0 Å². The van der Waals surface area contributed by atoms with Gasteiger partial charge < -0.3 is 15.3 Å². The van der Waals surface area contributed by atoms with Gasteiger partial charge in [-0.15, -0.1) is 11.3 Å². The van der Waals surface area contributed by atoms with Crippen molar-refractivity contribution in [3.05, 3.63) is 21.9 Å². The van der Waals surface area contributed by atoms with Gasteiger partial charge in [0.15, 0.2) is 0 Å². The maximum Gasteiger partial charge on any atom is 0.318 e. The smallest absolute Gasteiger partial charge is 0.318 e. The number of thiophene rings is 1. The SMILES string of the molecule is Cc1ccc(C(C)NC(=O)N2CCCCC2CC(=O)O)s1. The summed E-state index contributed by atoms with van der Waals surface area (Å²) in [6.45, 7) is 4.63. The molecular formula is C15H22N2O3S. The first-order valence-electron chi connectivity index (χ1n) is 7.32. The number of piperidine rings is 1. The van der Waals surface area contributed by atoms with Gasteiger partial charge in [-0.25, -0.2) is 4.79 Å². The number of urea groups is 1. The lowest BCUT2D eigenvalue weighted by atomic mass is 10.00. The highest BCUT2D eigenvalue weighted by molar-refractivity contribution is 7.12. The lowest BCUT2D eigenvalue weighted by Crippen LogP contribution is -2.49. The number of nitrogens with zero attached hydrogens (tertiary/aromatic N) is 1. The third kappa shape index (κ3) is 4.20. The van der Waals surface area contributed by atoms with Crippen molar-refractivity contribution < 1.29 is 14.7 Å². The van der Waals surface area contributed by atoms with Crippen molar-refractivity contribution in [1.82, 2.24) is 10.2 Å². The van der Waals surface area contributed by atoms with E-state index in [9.17, 15) is 9.59 Å². The van der Waals surface area contributed by atoms with Gasteiger partial charge in [0.1, 0.15) is 0 Å². The van der Waals surface area contributed by atoms with Crippen LogP contribution in [0.4, 0.5) is 4.79 Å². The maximum atomic E-state index is 12.4. The molecule has 1 saturated heterocycles. The molecule has 6 heteroatoms. The van der Waals surface area contributed by atoms with E-state index in [0.29, 0.717) is 6.54 Å². The van der Waals surface area contributed by atoms with Gasteiger partial charge in [-0.2, -0.15) is 0 Å². The Kier molecular flexibility index (Phi) is 5.22. The average molecular weight is 310 g/mol. The van der Waals surface area contributed by atoms with Gasteiger partial charge in [-0.05, 0) is 45.2 Å². The molecule has 2 heterocycles. The summed E-state index contributed by atoms with van der Waals surface area (Å²) in [5.41, 5.74) is 0. The average Bonchev–Trinajstić information content (AvgIpc) is 2.85. The molecule has 0 aliphatic carbocycles. The minimum atomic E-state index is -0.846. The van der Waals surface area contributed by atoms with Gasteiger partial charge in [0.05, 0.1) is 12.5 Å². The predicted molar refractivity (Wildman–Crippen MR) is 82.6 cm³/mol. The first-order valence-corrected chi connectivity index (χ1v) is 8.14. The van der Waals surface area contributed by atoms with Crippen LogP contribution in [0.1, 0.15) is 48.4 Å². The molecule has 5 nitrogen and oxygen atoms in total. The van der Waals surface area contributed by atoms with E-state index in [1.165, 1.54) is 4.88 Å². The van der Waals surface area contributed by atoms with Crippen molar-refractivity contribution in [1.29, 1.82) is 0 Å². The lowest BCUT2D eigenvalue weighted by Gasteiger charge is -2.35. The van der Waals surface area contributed by atoms with Crippen LogP contribution in [-0.2, 0) is 4.79 Å². The number of carbonyl (C=O) groups excluding carboxylic acids is 1. The summed E-state index contributed by atoms with van der Waals surface area (Å²) in [4.78, 5) is 27.4. The molecule has 2 N–H and O–H groups in total. The van der Waals surface area contributed by atoms with E-state index < -0.39 is 5.97 Å². The molecule has 116 valence electrons. The number of carboxylic acids is 1. The third-order valence-corrected chi connectivity index (χ3v) is 5.01. The highest BCUT2D eigenvalue weighted by Gasteiger charge is 2.29. The summed E-state index contributed by atoms with van der Waals surface area (Å²) in [5, 5.41) is 12.0. The van der Waals surface area contributed by atoms with E-state index in [1.54, 1.807) is 16.2 Å². The number of aliphatic carboxylic acids is 1. The maximum absolute atomic E-state index is 12.4. The molecule has 21 heavy (non-hydrogen) atoms. The highest BCUT2D eigenvalue weighted by Crippen LogP contribution is 2.24. The molecule has 0 saturated carbocycles. The van der Waals surface area contributed by atoms with E-state index in [-0.39, 0.29) is 24.5 Å². The summed E-state index contributed by atoms with van der Waals surface area (Å²) in [6.07, 6.45) is 2.73. The van der Waals surface area contributed by atoms with Crippen molar-refractivity contribution in [3.63, 3.8) is 0 Å². The topological polar surface area (TPSA) is 69.6 Å². The monoisotopic (exact) mass is 310 g/mol. The quantitative estimate of drug-likeness (QED) is 0.897. The van der Waals surface area contributed by atoms with Crippen LogP contribution in [-0.4, -0.2) is 34.6 Å². The van der Waals surface area contributed by atoms with Crippen LogP contribution in [0, 0.1) is 6.92 Å². The Hall–Kier alpha value is -1.56. The van der Waals surface area contributed by atoms with Gasteiger partial charge in [-0.3, -0.25) is 4.79 Å². The fourth-order valence-corrected chi connectivity index (χ4v) is 3.59. The molecule has 1 aromatic heterocycles. The summed E-state index contributed by atoms with van der Waals surface area (Å²) >= 11 is 1.67. The third-order valence-electron chi connectivity index (χ3n) is 3.83. The molecule has 2 unspecified atom stereocenters. The number of carbonyl (C=O) groups is 2. The van der Waals surface area contributed by atoms with Crippen LogP contribution in [0.2, 0.25) is 0 Å². The van der Waals surface area contributed by atoms with E-state index in [4.69, 9.17) is 5.11 Å². The minimum absolute atomic E-state index is 0.0277. The molecule has 1 aliphatic rings. The zero-order chi connectivity index (χ0) is 15.4. The first-order chi connectivity index (χ1) is 9.97. The zero-order valence-corrected chi connectivity index (χ0v) is 13.3.